The molecular weight excluding hydrogens is 122 g/mol. The van der Waals surface area contributed by atoms with Crippen molar-refractivity contribution in [2.75, 3.05) is 0 Å². The number of hydrogen-bond acceptors (Lipinski definition) is 1. The van der Waals surface area contributed by atoms with Crippen LogP contribution in [0.25, 0.3) is 0 Å². The molecule has 0 aliphatic carbocycles. The maximum Gasteiger partial charge on any atom is 0.0717 e. The van der Waals surface area contributed by atoms with Gasteiger partial charge in [-0.2, -0.15) is 0 Å². The van der Waals surface area contributed by atoms with E-state index in [-0.39, 0.29) is 0 Å². The molecule has 48 valence electrons. The van der Waals surface area contributed by atoms with Gasteiger partial charge in [0.2, 0.25) is 0 Å². The van der Waals surface area contributed by atoms with Crippen molar-refractivity contribution in [3.05, 3.63) is 48.2 Å². The summed E-state index contributed by atoms with van der Waals surface area (Å²) in [6.07, 6.45) is 3.82. The number of nitrogens with zero attached hydrogens (tertiary/aromatic N) is 1. The summed E-state index contributed by atoms with van der Waals surface area (Å²) in [4.78, 5) is 4.08. The minimum absolute atomic E-state index is 1.08. The summed E-state index contributed by atoms with van der Waals surface area (Å²) < 4.78 is 0. The zero-order chi connectivity index (χ0) is 6.81. The van der Waals surface area contributed by atoms with Gasteiger partial charge < -0.3 is 0 Å². The summed E-state index contributed by atoms with van der Waals surface area (Å²) in [6, 6.07) is 10.2. The summed E-state index contributed by atoms with van der Waals surface area (Å²) in [7, 11) is 0. The molecule has 1 aliphatic heterocycles. The van der Waals surface area contributed by atoms with Crippen LogP contribution in [0.15, 0.2) is 47.6 Å². The van der Waals surface area contributed by atoms with E-state index in [1.54, 1.807) is 0 Å². The Bertz CT molecular complexity index is 283. The first kappa shape index (κ1) is 5.42. The van der Waals surface area contributed by atoms with Crippen molar-refractivity contribution in [3.8, 4) is 0 Å². The average molecular weight is 129 g/mol. The highest BCUT2D eigenvalue weighted by Crippen LogP contribution is 2.07. The van der Waals surface area contributed by atoms with Crippen molar-refractivity contribution in [2.24, 2.45) is 4.99 Å². The molecule has 0 atom stereocenters. The number of rotatable bonds is 1. The molecule has 0 saturated heterocycles. The van der Waals surface area contributed by atoms with Crippen molar-refractivity contribution in [2.45, 2.75) is 0 Å². The van der Waals surface area contributed by atoms with Crippen LogP contribution >= 0.6 is 0 Å². The van der Waals surface area contributed by atoms with Gasteiger partial charge in [-0.3, -0.25) is 4.99 Å². The van der Waals surface area contributed by atoms with E-state index in [4.69, 9.17) is 0 Å². The quantitative estimate of drug-likeness (QED) is 0.550. The van der Waals surface area contributed by atoms with Gasteiger partial charge in [-0.05, 0) is 6.08 Å². The van der Waals surface area contributed by atoms with Crippen molar-refractivity contribution in [1.82, 2.24) is 0 Å². The first-order valence-electron chi connectivity index (χ1n) is 3.26. The second-order valence-corrected chi connectivity index (χ2v) is 2.20. The topological polar surface area (TPSA) is 12.4 Å². The summed E-state index contributed by atoms with van der Waals surface area (Å²) in [5.74, 6) is 0. The summed E-state index contributed by atoms with van der Waals surface area (Å²) in [6.45, 7) is 0. The lowest BCUT2D eigenvalue weighted by Gasteiger charge is -2.03. The van der Waals surface area contributed by atoms with Crippen LogP contribution in [0.4, 0.5) is 0 Å². The molecule has 1 aromatic carbocycles. The van der Waals surface area contributed by atoms with Gasteiger partial charge >= 0.3 is 0 Å². The maximum absolute atomic E-state index is 4.08. The second kappa shape index (κ2) is 2.10. The van der Waals surface area contributed by atoms with E-state index >= 15 is 0 Å². The maximum atomic E-state index is 4.08. The molecule has 1 heterocycles. The number of benzene rings is 1. The molecule has 10 heavy (non-hydrogen) atoms. The molecule has 2 rings (SSSR count). The highest BCUT2D eigenvalue weighted by atomic mass is 14.7. The Balaban J connectivity index is 2.35. The van der Waals surface area contributed by atoms with Crippen LogP contribution in [0.3, 0.4) is 0 Å². The van der Waals surface area contributed by atoms with Crippen LogP contribution in [0.1, 0.15) is 5.56 Å². The van der Waals surface area contributed by atoms with Crippen LogP contribution in [0.5, 0.6) is 0 Å². The van der Waals surface area contributed by atoms with Gasteiger partial charge in [0.15, 0.2) is 0 Å². The third-order valence-electron chi connectivity index (χ3n) is 1.52. The molecule has 1 nitrogen and oxygen atoms in total. The van der Waals surface area contributed by atoms with Gasteiger partial charge in [0.25, 0.3) is 0 Å². The molecule has 0 unspecified atom stereocenters. The Labute approximate surface area is 59.7 Å². The van der Waals surface area contributed by atoms with Crippen LogP contribution in [-0.4, -0.2) is 5.71 Å². The first-order valence-corrected chi connectivity index (χ1v) is 3.26. The molecule has 0 aromatic heterocycles. The zero-order valence-corrected chi connectivity index (χ0v) is 5.49. The summed E-state index contributed by atoms with van der Waals surface area (Å²) >= 11 is 0. The molecule has 0 fully saturated rings. The SMILES string of the molecule is C1=CC(c2ccccc2)=N1. The zero-order valence-electron chi connectivity index (χ0n) is 5.49. The molecule has 1 heteroatoms. The minimum atomic E-state index is 1.08. The lowest BCUT2D eigenvalue weighted by Crippen LogP contribution is -2.00. The monoisotopic (exact) mass is 129 g/mol. The van der Waals surface area contributed by atoms with E-state index < -0.39 is 0 Å². The Morgan fingerprint density at radius 1 is 1.00 bits per heavy atom. The summed E-state index contributed by atoms with van der Waals surface area (Å²) in [5, 5.41) is 0. The van der Waals surface area contributed by atoms with Crippen LogP contribution < -0.4 is 0 Å². The van der Waals surface area contributed by atoms with Gasteiger partial charge in [-0.15, -0.1) is 0 Å². The van der Waals surface area contributed by atoms with E-state index in [0.717, 1.165) is 5.71 Å². The molecule has 1 aromatic rings. The van der Waals surface area contributed by atoms with E-state index in [0.29, 0.717) is 0 Å². The standard InChI is InChI=1S/C9H7N/c1-2-4-8(5-3-1)9-6-7-10-9/h1-7H. The Hall–Kier alpha value is -1.37. The molecule has 1 aliphatic rings. The number of allylic oxidation sites excluding steroid dienone is 1. The second-order valence-electron chi connectivity index (χ2n) is 2.20. The fourth-order valence-corrected chi connectivity index (χ4v) is 0.929. The highest BCUT2D eigenvalue weighted by Gasteiger charge is 2.00. The van der Waals surface area contributed by atoms with E-state index in [2.05, 4.69) is 17.1 Å². The van der Waals surface area contributed by atoms with Crippen molar-refractivity contribution in [3.63, 3.8) is 0 Å². The lowest BCUT2D eigenvalue weighted by molar-refractivity contribution is 1.47. The fraction of sp³-hybridized carbons (Fsp3) is 0. The van der Waals surface area contributed by atoms with Crippen LogP contribution in [0, 0.1) is 0 Å². The Morgan fingerprint density at radius 3 is 2.20 bits per heavy atom. The minimum Gasteiger partial charge on any atom is -0.256 e. The van der Waals surface area contributed by atoms with Gasteiger partial charge in [0, 0.05) is 11.8 Å². The van der Waals surface area contributed by atoms with Crippen molar-refractivity contribution >= 4 is 5.71 Å². The molecule has 0 N–H and O–H groups in total. The third-order valence-corrected chi connectivity index (χ3v) is 1.52. The van der Waals surface area contributed by atoms with Crippen molar-refractivity contribution < 1.29 is 0 Å². The predicted octanol–water partition coefficient (Wildman–Crippen LogP) is 2.00. The van der Waals surface area contributed by atoms with Gasteiger partial charge in [-0.25, -0.2) is 0 Å². The number of hydrogen-bond donors (Lipinski definition) is 0. The largest absolute Gasteiger partial charge is 0.256 e. The third kappa shape index (κ3) is 0.760. The molecular formula is C9H7N. The van der Waals surface area contributed by atoms with Crippen LogP contribution in [-0.2, 0) is 0 Å². The first-order chi connectivity index (χ1) is 4.97. The van der Waals surface area contributed by atoms with Gasteiger partial charge in [0.1, 0.15) is 0 Å². The van der Waals surface area contributed by atoms with Crippen molar-refractivity contribution in [1.29, 1.82) is 0 Å². The number of aliphatic imine (C=N–C) groups is 1. The van der Waals surface area contributed by atoms with Gasteiger partial charge in [0.05, 0.1) is 5.71 Å². The molecule has 0 spiro atoms. The average Bonchev–Trinajstić information content (AvgIpc) is 1.86. The Kier molecular flexibility index (Phi) is 1.14. The molecule has 0 radical (unpaired) electrons. The summed E-state index contributed by atoms with van der Waals surface area (Å²) in [5.41, 5.74) is 2.28. The van der Waals surface area contributed by atoms with E-state index in [9.17, 15) is 0 Å². The predicted molar refractivity (Wildman–Crippen MR) is 42.1 cm³/mol. The molecule has 0 saturated carbocycles. The normalized spacial score (nSPS) is 14.2. The van der Waals surface area contributed by atoms with E-state index in [1.807, 2.05) is 30.5 Å². The fourth-order valence-electron chi connectivity index (χ4n) is 0.929. The van der Waals surface area contributed by atoms with E-state index in [1.165, 1.54) is 5.56 Å². The Morgan fingerprint density at radius 2 is 1.70 bits per heavy atom. The molecule has 0 bridgehead atoms. The lowest BCUT2D eigenvalue weighted by atomic mass is 10.1. The smallest absolute Gasteiger partial charge is 0.0717 e. The highest BCUT2D eigenvalue weighted by molar-refractivity contribution is 6.11. The van der Waals surface area contributed by atoms with Gasteiger partial charge in [-0.1, -0.05) is 30.3 Å². The van der Waals surface area contributed by atoms with Crippen LogP contribution in [0.2, 0.25) is 0 Å². The molecule has 0 amide bonds.